The molecule has 0 saturated heterocycles. The van der Waals surface area contributed by atoms with Crippen molar-refractivity contribution in [2.75, 3.05) is 7.11 Å². The van der Waals surface area contributed by atoms with E-state index in [1.54, 1.807) is 0 Å². The van der Waals surface area contributed by atoms with Crippen LogP contribution in [0.2, 0.25) is 0 Å². The first-order valence-corrected chi connectivity index (χ1v) is 7.51. The largest absolute Gasteiger partial charge is 0.471 e. The van der Waals surface area contributed by atoms with Gasteiger partial charge in [0.2, 0.25) is 5.90 Å². The second-order valence-electron chi connectivity index (χ2n) is 5.37. The first-order chi connectivity index (χ1) is 10.8. The number of carbonyl (C=O) groups is 1. The van der Waals surface area contributed by atoms with E-state index in [2.05, 4.69) is 18.2 Å². The molecule has 0 saturated carbocycles. The van der Waals surface area contributed by atoms with Gasteiger partial charge in [0, 0.05) is 5.56 Å². The summed E-state index contributed by atoms with van der Waals surface area (Å²) in [6, 6.07) is 9.62. The fraction of sp³-hybridized carbons (Fsp3) is 0.333. The molecule has 114 valence electrons. The molecule has 0 aromatic heterocycles. The van der Waals surface area contributed by atoms with Crippen LogP contribution in [-0.2, 0) is 14.3 Å². The molecule has 4 heteroatoms. The van der Waals surface area contributed by atoms with E-state index in [1.165, 1.54) is 7.11 Å². The number of allylic oxidation sites excluding steroid dienone is 2. The number of benzene rings is 1. The second kappa shape index (κ2) is 6.60. The third-order valence-corrected chi connectivity index (χ3v) is 3.85. The molecule has 1 heterocycles. The van der Waals surface area contributed by atoms with Gasteiger partial charge in [-0.05, 0) is 30.5 Å². The lowest BCUT2D eigenvalue weighted by Gasteiger charge is -2.19. The van der Waals surface area contributed by atoms with Gasteiger partial charge >= 0.3 is 5.97 Å². The maximum Gasteiger partial charge on any atom is 0.309 e. The summed E-state index contributed by atoms with van der Waals surface area (Å²) in [5.41, 5.74) is 2.05. The number of rotatable bonds is 4. The Balaban J connectivity index is 1.86. The van der Waals surface area contributed by atoms with Crippen LogP contribution >= 0.6 is 0 Å². The Morgan fingerprint density at radius 2 is 2.14 bits per heavy atom. The van der Waals surface area contributed by atoms with Gasteiger partial charge < -0.3 is 9.47 Å². The van der Waals surface area contributed by atoms with Crippen LogP contribution in [0.1, 0.15) is 24.8 Å². The number of methoxy groups -OCH3 is 1. The van der Waals surface area contributed by atoms with Crippen LogP contribution in [0.3, 0.4) is 0 Å². The van der Waals surface area contributed by atoms with Crippen molar-refractivity contribution in [2.24, 2.45) is 4.99 Å². The number of aliphatic imine (C=N–C) groups is 1. The smallest absolute Gasteiger partial charge is 0.309 e. The van der Waals surface area contributed by atoms with E-state index in [9.17, 15) is 4.79 Å². The molecule has 3 rings (SSSR count). The topological polar surface area (TPSA) is 47.9 Å². The molecule has 0 N–H and O–H groups in total. The maximum absolute atomic E-state index is 11.6. The summed E-state index contributed by atoms with van der Waals surface area (Å²) in [5, 5.41) is 0. The van der Waals surface area contributed by atoms with Crippen molar-refractivity contribution in [3.63, 3.8) is 0 Å². The summed E-state index contributed by atoms with van der Waals surface area (Å²) < 4.78 is 10.7. The number of hydrogen-bond acceptors (Lipinski definition) is 4. The maximum atomic E-state index is 11.6. The van der Waals surface area contributed by atoms with Crippen molar-refractivity contribution >= 4 is 11.9 Å². The summed E-state index contributed by atoms with van der Waals surface area (Å²) in [4.78, 5) is 16.4. The van der Waals surface area contributed by atoms with E-state index in [0.717, 1.165) is 24.0 Å². The van der Waals surface area contributed by atoms with Crippen LogP contribution in [0.15, 0.2) is 59.1 Å². The monoisotopic (exact) mass is 297 g/mol. The van der Waals surface area contributed by atoms with Gasteiger partial charge in [0.25, 0.3) is 0 Å². The zero-order valence-corrected chi connectivity index (χ0v) is 12.6. The van der Waals surface area contributed by atoms with Crippen LogP contribution in [-0.4, -0.2) is 31.1 Å². The summed E-state index contributed by atoms with van der Waals surface area (Å²) in [7, 11) is 1.39. The van der Waals surface area contributed by atoms with Gasteiger partial charge in [-0.3, -0.25) is 4.79 Å². The first-order valence-electron chi connectivity index (χ1n) is 7.51. The molecule has 4 nitrogen and oxygen atoms in total. The summed E-state index contributed by atoms with van der Waals surface area (Å²) in [6.07, 6.45) is 8.34. The number of ether oxygens (including phenoxy) is 2. The van der Waals surface area contributed by atoms with E-state index in [4.69, 9.17) is 14.5 Å². The average Bonchev–Trinajstić information content (AvgIpc) is 3.00. The highest BCUT2D eigenvalue weighted by molar-refractivity contribution is 5.96. The van der Waals surface area contributed by atoms with Gasteiger partial charge in [-0.25, -0.2) is 4.99 Å². The van der Waals surface area contributed by atoms with E-state index < -0.39 is 0 Å². The van der Waals surface area contributed by atoms with Crippen molar-refractivity contribution in [1.82, 2.24) is 0 Å². The predicted octanol–water partition coefficient (Wildman–Crippen LogP) is 3.04. The van der Waals surface area contributed by atoms with Crippen molar-refractivity contribution in [3.05, 3.63) is 59.7 Å². The molecule has 1 aliphatic carbocycles. The van der Waals surface area contributed by atoms with Crippen molar-refractivity contribution in [1.29, 1.82) is 0 Å². The molecule has 2 aliphatic rings. The summed E-state index contributed by atoms with van der Waals surface area (Å²) >= 11 is 0. The lowest BCUT2D eigenvalue weighted by Crippen LogP contribution is -2.27. The van der Waals surface area contributed by atoms with E-state index in [1.807, 2.05) is 30.3 Å². The molecular weight excluding hydrogens is 278 g/mol. The highest BCUT2D eigenvalue weighted by Crippen LogP contribution is 2.28. The number of hydrogen-bond donors (Lipinski definition) is 0. The van der Waals surface area contributed by atoms with Gasteiger partial charge in [-0.15, -0.1) is 0 Å². The normalized spacial score (nSPS) is 23.5. The predicted molar refractivity (Wildman–Crippen MR) is 84.7 cm³/mol. The van der Waals surface area contributed by atoms with Crippen molar-refractivity contribution < 1.29 is 14.3 Å². The molecule has 0 radical (unpaired) electrons. The quantitative estimate of drug-likeness (QED) is 0.803. The van der Waals surface area contributed by atoms with Gasteiger partial charge in [-0.1, -0.05) is 36.4 Å². The lowest BCUT2D eigenvalue weighted by molar-refractivity contribution is -0.142. The van der Waals surface area contributed by atoms with E-state index in [0.29, 0.717) is 5.90 Å². The lowest BCUT2D eigenvalue weighted by atomic mass is 9.95. The molecule has 0 amide bonds. The van der Waals surface area contributed by atoms with Crippen LogP contribution in [0.25, 0.3) is 0 Å². The fourth-order valence-corrected chi connectivity index (χ4v) is 2.71. The minimum Gasteiger partial charge on any atom is -0.471 e. The Morgan fingerprint density at radius 1 is 1.32 bits per heavy atom. The van der Waals surface area contributed by atoms with Gasteiger partial charge in [0.15, 0.2) is 0 Å². The molecule has 1 aromatic carbocycles. The van der Waals surface area contributed by atoms with Crippen LogP contribution in [0.4, 0.5) is 0 Å². The average molecular weight is 297 g/mol. The summed E-state index contributed by atoms with van der Waals surface area (Å²) in [5.74, 6) is 0.319. The molecule has 0 spiro atoms. The molecule has 0 fully saturated rings. The van der Waals surface area contributed by atoms with Gasteiger partial charge in [-0.2, -0.15) is 0 Å². The number of esters is 1. The standard InChI is InChI=1S/C18H19NO3/c1-21-16(20)12-15-17(13-8-4-2-5-9-13)19-18(22-15)14-10-6-3-7-11-14/h3-4,6-11,15,17H,2,5,12H2,1H3. The Hall–Kier alpha value is -2.36. The third-order valence-electron chi connectivity index (χ3n) is 3.85. The fourth-order valence-electron chi connectivity index (χ4n) is 2.71. The Bertz CT molecular complexity index is 631. The van der Waals surface area contributed by atoms with Gasteiger partial charge in [0.1, 0.15) is 12.1 Å². The molecule has 2 atom stereocenters. The summed E-state index contributed by atoms with van der Waals surface area (Å²) in [6.45, 7) is 0. The molecule has 0 bridgehead atoms. The number of nitrogens with zero attached hydrogens (tertiary/aromatic N) is 1. The van der Waals surface area contributed by atoms with E-state index >= 15 is 0 Å². The second-order valence-corrected chi connectivity index (χ2v) is 5.37. The third kappa shape index (κ3) is 3.11. The molecule has 1 aromatic rings. The Morgan fingerprint density at radius 3 is 2.82 bits per heavy atom. The zero-order chi connectivity index (χ0) is 15.4. The molecule has 22 heavy (non-hydrogen) atoms. The van der Waals surface area contributed by atoms with Gasteiger partial charge in [0.05, 0.1) is 13.5 Å². The van der Waals surface area contributed by atoms with Crippen LogP contribution < -0.4 is 0 Å². The van der Waals surface area contributed by atoms with Crippen molar-refractivity contribution in [3.8, 4) is 0 Å². The van der Waals surface area contributed by atoms with E-state index in [-0.39, 0.29) is 24.5 Å². The number of carbonyl (C=O) groups excluding carboxylic acids is 1. The Labute approximate surface area is 130 Å². The zero-order valence-electron chi connectivity index (χ0n) is 12.6. The molecule has 1 aliphatic heterocycles. The molecule has 2 unspecified atom stereocenters. The Kier molecular flexibility index (Phi) is 4.37. The molecular formula is C18H19NO3. The highest BCUT2D eigenvalue weighted by atomic mass is 16.5. The first kappa shape index (κ1) is 14.6. The highest BCUT2D eigenvalue weighted by Gasteiger charge is 2.35. The van der Waals surface area contributed by atoms with Crippen molar-refractivity contribution in [2.45, 2.75) is 31.4 Å². The minimum atomic E-state index is -0.309. The minimum absolute atomic E-state index is 0.147. The SMILES string of the molecule is COC(=O)CC1OC(c2ccccc2)=NC1C1=CCCC=C1. The van der Waals surface area contributed by atoms with Crippen LogP contribution in [0.5, 0.6) is 0 Å². The van der Waals surface area contributed by atoms with Crippen LogP contribution in [0, 0.1) is 0 Å².